The van der Waals surface area contributed by atoms with Crippen LogP contribution in [0.15, 0.2) is 0 Å². The molecule has 0 saturated carbocycles. The van der Waals surface area contributed by atoms with E-state index in [2.05, 4.69) is 12.2 Å². The van der Waals surface area contributed by atoms with Crippen LogP contribution in [0.1, 0.15) is 46.0 Å². The van der Waals surface area contributed by atoms with Crippen molar-refractivity contribution >= 4 is 6.09 Å². The van der Waals surface area contributed by atoms with Gasteiger partial charge in [0, 0.05) is 6.04 Å². The van der Waals surface area contributed by atoms with Gasteiger partial charge in [0.15, 0.2) is 0 Å². The van der Waals surface area contributed by atoms with Crippen molar-refractivity contribution in [2.24, 2.45) is 0 Å². The van der Waals surface area contributed by atoms with Gasteiger partial charge >= 0.3 is 6.09 Å². The first kappa shape index (κ1) is 11.3. The third kappa shape index (κ3) is 7.38. The molecule has 1 amide bonds. The van der Waals surface area contributed by atoms with E-state index >= 15 is 0 Å². The monoisotopic (exact) mass is 173 g/mol. The zero-order valence-electron chi connectivity index (χ0n) is 7.97. The molecule has 0 aliphatic rings. The zero-order chi connectivity index (χ0) is 9.40. The molecule has 72 valence electrons. The SMILES string of the molecule is CCCCCC[C@@H](C)NC(=O)O. The van der Waals surface area contributed by atoms with Gasteiger partial charge in [-0.15, -0.1) is 0 Å². The molecule has 3 heteroatoms. The fraction of sp³-hybridized carbons (Fsp3) is 0.889. The minimum Gasteiger partial charge on any atom is -0.465 e. The summed E-state index contributed by atoms with van der Waals surface area (Å²) in [6.45, 7) is 4.07. The minimum atomic E-state index is -0.919. The lowest BCUT2D eigenvalue weighted by Crippen LogP contribution is -2.30. The summed E-state index contributed by atoms with van der Waals surface area (Å²) in [4.78, 5) is 10.2. The summed E-state index contributed by atoms with van der Waals surface area (Å²) in [7, 11) is 0. The summed E-state index contributed by atoms with van der Waals surface area (Å²) >= 11 is 0. The van der Waals surface area contributed by atoms with E-state index in [0.717, 1.165) is 12.8 Å². The first-order chi connectivity index (χ1) is 5.66. The highest BCUT2D eigenvalue weighted by Crippen LogP contribution is 2.04. The van der Waals surface area contributed by atoms with Gasteiger partial charge < -0.3 is 10.4 Å². The van der Waals surface area contributed by atoms with Gasteiger partial charge in [-0.2, -0.15) is 0 Å². The molecule has 3 nitrogen and oxygen atoms in total. The third-order valence-corrected chi connectivity index (χ3v) is 1.86. The number of carboxylic acid groups (broad SMARTS) is 1. The van der Waals surface area contributed by atoms with Gasteiger partial charge in [0.1, 0.15) is 0 Å². The lowest BCUT2D eigenvalue weighted by Gasteiger charge is -2.09. The zero-order valence-corrected chi connectivity index (χ0v) is 7.97. The topological polar surface area (TPSA) is 49.3 Å². The third-order valence-electron chi connectivity index (χ3n) is 1.86. The average Bonchev–Trinajstić information content (AvgIpc) is 1.97. The molecule has 0 fully saturated rings. The van der Waals surface area contributed by atoms with Crippen LogP contribution in [0.2, 0.25) is 0 Å². The number of unbranched alkanes of at least 4 members (excludes halogenated alkanes) is 3. The van der Waals surface area contributed by atoms with Crippen LogP contribution in [0.3, 0.4) is 0 Å². The van der Waals surface area contributed by atoms with Crippen molar-refractivity contribution < 1.29 is 9.90 Å². The maximum atomic E-state index is 10.2. The first-order valence-corrected chi connectivity index (χ1v) is 4.66. The van der Waals surface area contributed by atoms with Crippen molar-refractivity contribution in [3.63, 3.8) is 0 Å². The number of amides is 1. The second-order valence-corrected chi connectivity index (χ2v) is 3.20. The molecule has 1 atom stereocenters. The van der Waals surface area contributed by atoms with E-state index in [1.54, 1.807) is 0 Å². The summed E-state index contributed by atoms with van der Waals surface area (Å²) in [5.41, 5.74) is 0. The van der Waals surface area contributed by atoms with Gasteiger partial charge in [-0.05, 0) is 13.3 Å². The van der Waals surface area contributed by atoms with Gasteiger partial charge in [-0.1, -0.05) is 32.6 Å². The lowest BCUT2D eigenvalue weighted by atomic mass is 10.1. The van der Waals surface area contributed by atoms with Crippen LogP contribution in [0.25, 0.3) is 0 Å². The van der Waals surface area contributed by atoms with Crippen LogP contribution in [0.5, 0.6) is 0 Å². The molecule has 12 heavy (non-hydrogen) atoms. The predicted molar refractivity (Wildman–Crippen MR) is 49.4 cm³/mol. The molecule has 0 spiro atoms. The van der Waals surface area contributed by atoms with E-state index in [-0.39, 0.29) is 6.04 Å². The Bertz CT molecular complexity index is 126. The van der Waals surface area contributed by atoms with Crippen molar-refractivity contribution in [1.29, 1.82) is 0 Å². The molecule has 0 bridgehead atoms. The Morgan fingerprint density at radius 1 is 1.42 bits per heavy atom. The van der Waals surface area contributed by atoms with Gasteiger partial charge in [-0.25, -0.2) is 4.79 Å². The Labute approximate surface area is 74.2 Å². The molecule has 0 heterocycles. The van der Waals surface area contributed by atoms with E-state index in [0.29, 0.717) is 0 Å². The second-order valence-electron chi connectivity index (χ2n) is 3.20. The second kappa shape index (κ2) is 6.95. The van der Waals surface area contributed by atoms with Gasteiger partial charge in [0.2, 0.25) is 0 Å². The molecule has 0 aromatic heterocycles. The Kier molecular flexibility index (Phi) is 6.53. The Balaban J connectivity index is 3.19. The van der Waals surface area contributed by atoms with Crippen LogP contribution in [0, 0.1) is 0 Å². The molecule has 0 aromatic carbocycles. The van der Waals surface area contributed by atoms with Crippen molar-refractivity contribution in [3.8, 4) is 0 Å². The van der Waals surface area contributed by atoms with Gasteiger partial charge in [0.05, 0.1) is 0 Å². The van der Waals surface area contributed by atoms with Crippen molar-refractivity contribution in [2.45, 2.75) is 52.0 Å². The largest absolute Gasteiger partial charge is 0.465 e. The Morgan fingerprint density at radius 3 is 2.58 bits per heavy atom. The van der Waals surface area contributed by atoms with E-state index in [1.807, 2.05) is 6.92 Å². The highest BCUT2D eigenvalue weighted by atomic mass is 16.4. The maximum absolute atomic E-state index is 10.2. The average molecular weight is 173 g/mol. The van der Waals surface area contributed by atoms with Crippen LogP contribution < -0.4 is 5.32 Å². The quantitative estimate of drug-likeness (QED) is 0.606. The highest BCUT2D eigenvalue weighted by Gasteiger charge is 2.03. The standard InChI is InChI=1S/C9H19NO2/c1-3-4-5-6-7-8(2)10-9(11)12/h8,10H,3-7H2,1-2H3,(H,11,12)/t8-/m1/s1. The number of rotatable bonds is 6. The number of nitrogens with one attached hydrogen (secondary N) is 1. The number of hydrogen-bond donors (Lipinski definition) is 2. The van der Waals surface area contributed by atoms with E-state index in [1.165, 1.54) is 19.3 Å². The molecule has 2 N–H and O–H groups in total. The summed E-state index contributed by atoms with van der Waals surface area (Å²) in [6, 6.07) is 0.0966. The van der Waals surface area contributed by atoms with Gasteiger partial charge in [0.25, 0.3) is 0 Å². The van der Waals surface area contributed by atoms with Crippen LogP contribution >= 0.6 is 0 Å². The molecule has 0 radical (unpaired) electrons. The Hall–Kier alpha value is -0.730. The molecule has 0 rings (SSSR count). The molecular formula is C9H19NO2. The summed E-state index contributed by atoms with van der Waals surface area (Å²) in [6.07, 6.45) is 4.84. The van der Waals surface area contributed by atoms with E-state index < -0.39 is 6.09 Å². The van der Waals surface area contributed by atoms with Crippen molar-refractivity contribution in [3.05, 3.63) is 0 Å². The summed E-state index contributed by atoms with van der Waals surface area (Å²) < 4.78 is 0. The molecule has 0 unspecified atom stereocenters. The highest BCUT2D eigenvalue weighted by molar-refractivity contribution is 5.64. The minimum absolute atomic E-state index is 0.0966. The first-order valence-electron chi connectivity index (χ1n) is 4.66. The van der Waals surface area contributed by atoms with Crippen molar-refractivity contribution in [1.82, 2.24) is 5.32 Å². The van der Waals surface area contributed by atoms with Crippen molar-refractivity contribution in [2.75, 3.05) is 0 Å². The summed E-state index contributed by atoms with van der Waals surface area (Å²) in [5, 5.41) is 10.8. The molecular weight excluding hydrogens is 154 g/mol. The molecule has 0 aliphatic carbocycles. The normalized spacial score (nSPS) is 12.5. The fourth-order valence-corrected chi connectivity index (χ4v) is 1.16. The summed E-state index contributed by atoms with van der Waals surface area (Å²) in [5.74, 6) is 0. The predicted octanol–water partition coefficient (Wildman–Crippen LogP) is 2.61. The van der Waals surface area contributed by atoms with E-state index in [9.17, 15) is 4.79 Å². The van der Waals surface area contributed by atoms with Crippen LogP contribution in [-0.4, -0.2) is 17.2 Å². The Morgan fingerprint density at radius 2 is 2.08 bits per heavy atom. The molecule has 0 saturated heterocycles. The maximum Gasteiger partial charge on any atom is 0.404 e. The molecule has 0 aliphatic heterocycles. The van der Waals surface area contributed by atoms with Crippen LogP contribution in [0.4, 0.5) is 4.79 Å². The molecule has 0 aromatic rings. The fourth-order valence-electron chi connectivity index (χ4n) is 1.16. The number of hydrogen-bond acceptors (Lipinski definition) is 1. The van der Waals surface area contributed by atoms with Gasteiger partial charge in [-0.3, -0.25) is 0 Å². The number of carbonyl (C=O) groups is 1. The lowest BCUT2D eigenvalue weighted by molar-refractivity contribution is 0.190. The van der Waals surface area contributed by atoms with Crippen LogP contribution in [-0.2, 0) is 0 Å². The smallest absolute Gasteiger partial charge is 0.404 e. The van der Waals surface area contributed by atoms with E-state index in [4.69, 9.17) is 5.11 Å².